The highest BCUT2D eigenvalue weighted by Gasteiger charge is 2.37. The molecular weight excluding hydrogens is 1240 g/mol. The molecule has 2 heterocycles. The van der Waals surface area contributed by atoms with Crippen LogP contribution in [-0.4, -0.2) is 29.9 Å². The van der Waals surface area contributed by atoms with E-state index in [-0.39, 0.29) is 10.8 Å². The van der Waals surface area contributed by atoms with Crippen molar-refractivity contribution in [3.63, 3.8) is 0 Å². The third-order valence-electron chi connectivity index (χ3n) is 20.8. The quantitative estimate of drug-likeness (QED) is 0.114. The maximum atomic E-state index is 5.33. The van der Waals surface area contributed by atoms with Crippen molar-refractivity contribution in [2.75, 3.05) is 0 Å². The average molecular weight is 1310 g/mol. The highest BCUT2D eigenvalue weighted by molar-refractivity contribution is 5.88. The van der Waals surface area contributed by atoms with Crippen molar-refractivity contribution in [3.8, 4) is 168 Å². The molecule has 0 atom stereocenters. The largest absolute Gasteiger partial charge is 0.208 e. The number of hydrogen-bond donors (Lipinski definition) is 0. The van der Waals surface area contributed by atoms with Gasteiger partial charge < -0.3 is 0 Å². The van der Waals surface area contributed by atoms with Gasteiger partial charge in [0.2, 0.25) is 0 Å². The van der Waals surface area contributed by atoms with Crippen LogP contribution < -0.4 is 0 Å². The highest BCUT2D eigenvalue weighted by atomic mass is 15.0. The van der Waals surface area contributed by atoms with Gasteiger partial charge in [-0.3, -0.25) is 0 Å². The van der Waals surface area contributed by atoms with E-state index in [0.717, 1.165) is 89.0 Å². The van der Waals surface area contributed by atoms with Crippen LogP contribution in [0.25, 0.3) is 168 Å². The van der Waals surface area contributed by atoms with Gasteiger partial charge in [0.25, 0.3) is 0 Å². The molecule has 0 saturated carbocycles. The maximum Gasteiger partial charge on any atom is 0.164 e. The normalized spacial score (nSPS) is 12.9. The summed E-state index contributed by atoms with van der Waals surface area (Å²) in [7, 11) is 0. The molecule has 2 aliphatic carbocycles. The third kappa shape index (κ3) is 11.3. The van der Waals surface area contributed by atoms with Crippen molar-refractivity contribution in [2.24, 2.45) is 0 Å². The smallest absolute Gasteiger partial charge is 0.164 e. The summed E-state index contributed by atoms with van der Waals surface area (Å²) in [5, 5.41) is 0. The van der Waals surface area contributed by atoms with Gasteiger partial charge in [-0.1, -0.05) is 319 Å². The van der Waals surface area contributed by atoms with Crippen LogP contribution in [-0.2, 0) is 10.8 Å². The summed E-state index contributed by atoms with van der Waals surface area (Å²) in [5.41, 5.74) is 31.4. The molecule has 0 unspecified atom stereocenters. The molecule has 0 radical (unpaired) electrons. The van der Waals surface area contributed by atoms with Crippen molar-refractivity contribution in [2.45, 2.75) is 38.5 Å². The zero-order valence-electron chi connectivity index (χ0n) is 57.0. The molecule has 0 spiro atoms. The second-order valence-corrected chi connectivity index (χ2v) is 27.8. The highest BCUT2D eigenvalue weighted by Crippen LogP contribution is 2.51. The van der Waals surface area contributed by atoms with Gasteiger partial charge >= 0.3 is 0 Å². The van der Waals surface area contributed by atoms with E-state index in [2.05, 4.69) is 355 Å². The molecule has 2 aromatic heterocycles. The van der Waals surface area contributed by atoms with Crippen LogP contribution in [0.4, 0.5) is 0 Å². The molecule has 0 N–H and O–H groups in total. The second kappa shape index (κ2) is 25.1. The summed E-state index contributed by atoms with van der Waals surface area (Å²) < 4.78 is 0. The van der Waals surface area contributed by atoms with Gasteiger partial charge in [-0.15, -0.1) is 0 Å². The maximum absolute atomic E-state index is 5.33. The average Bonchev–Trinajstić information content (AvgIpc) is 1.58. The van der Waals surface area contributed by atoms with E-state index < -0.39 is 0 Å². The Morgan fingerprint density at radius 2 is 0.343 bits per heavy atom. The van der Waals surface area contributed by atoms with Crippen LogP contribution in [0.15, 0.2) is 340 Å². The molecule has 0 fully saturated rings. The Hall–Kier alpha value is -12.9. The second-order valence-electron chi connectivity index (χ2n) is 27.8. The first-order valence-corrected chi connectivity index (χ1v) is 35.0. The monoisotopic (exact) mass is 1300 g/mol. The zero-order chi connectivity index (χ0) is 68.5. The summed E-state index contributed by atoms with van der Waals surface area (Å²) in [5.74, 6) is 3.49. The predicted molar refractivity (Wildman–Crippen MR) is 419 cm³/mol. The number of nitrogens with zero attached hydrogens (tertiary/aromatic N) is 6. The summed E-state index contributed by atoms with van der Waals surface area (Å²) in [4.78, 5) is 31.7. The summed E-state index contributed by atoms with van der Waals surface area (Å²) in [6, 6.07) is 121. The van der Waals surface area contributed by atoms with E-state index in [9.17, 15) is 0 Å². The van der Waals surface area contributed by atoms with E-state index in [1.54, 1.807) is 0 Å². The summed E-state index contributed by atoms with van der Waals surface area (Å²) in [6.07, 6.45) is 0. The van der Waals surface area contributed by atoms with Crippen LogP contribution in [0.5, 0.6) is 0 Å². The van der Waals surface area contributed by atoms with Gasteiger partial charge in [0.15, 0.2) is 34.9 Å². The Balaban J connectivity index is 0.677. The summed E-state index contributed by atoms with van der Waals surface area (Å²) >= 11 is 0. The SMILES string of the molecule is CC1(C)c2ccccc2-c2ccc(-c3cccc(-c4cccc(-c5nc(-c6ccc(-c7ccccc7)cc6)nc(-c6ccc(-c7cccc(-c8nc(-c9cccc(-c%10ccccc%10)c9)nc(-c9cccc(-c%10cccc(-c%11ccc%12c(c%11)C(C)(C)c%11ccccc%11-%12)c%10)c9)n8)c7)cc6)n5)c4)c3)cc21. The van der Waals surface area contributed by atoms with Gasteiger partial charge in [0.05, 0.1) is 0 Å². The first-order valence-electron chi connectivity index (χ1n) is 35.0. The van der Waals surface area contributed by atoms with E-state index in [0.29, 0.717) is 34.9 Å². The molecule has 0 bridgehead atoms. The van der Waals surface area contributed by atoms with E-state index >= 15 is 0 Å². The number of hydrogen-bond acceptors (Lipinski definition) is 6. The zero-order valence-corrected chi connectivity index (χ0v) is 57.0. The molecular formula is C96H68N6. The minimum absolute atomic E-state index is 0.0931. The van der Waals surface area contributed by atoms with E-state index in [4.69, 9.17) is 29.9 Å². The Bertz CT molecular complexity index is 5930. The molecule has 0 aliphatic heterocycles. The molecule has 0 saturated heterocycles. The molecule has 16 aromatic rings. The van der Waals surface area contributed by atoms with Crippen LogP contribution in [0.2, 0.25) is 0 Å². The molecule has 2 aliphatic rings. The van der Waals surface area contributed by atoms with Crippen LogP contribution in [0.1, 0.15) is 49.9 Å². The fraction of sp³-hybridized carbons (Fsp3) is 0.0625. The van der Waals surface area contributed by atoms with Gasteiger partial charge in [-0.25, -0.2) is 29.9 Å². The number of benzene rings is 14. The Kier molecular flexibility index (Phi) is 15.1. The predicted octanol–water partition coefficient (Wildman–Crippen LogP) is 24.3. The van der Waals surface area contributed by atoms with Crippen molar-refractivity contribution in [1.82, 2.24) is 29.9 Å². The van der Waals surface area contributed by atoms with Crippen LogP contribution in [0.3, 0.4) is 0 Å². The molecule has 6 heteroatoms. The third-order valence-corrected chi connectivity index (χ3v) is 20.8. The van der Waals surface area contributed by atoms with Crippen molar-refractivity contribution < 1.29 is 0 Å². The Labute approximate surface area is 595 Å². The lowest BCUT2D eigenvalue weighted by Gasteiger charge is -2.22. The lowest BCUT2D eigenvalue weighted by atomic mass is 9.81. The van der Waals surface area contributed by atoms with Crippen molar-refractivity contribution in [1.29, 1.82) is 0 Å². The van der Waals surface area contributed by atoms with Gasteiger partial charge in [0, 0.05) is 44.2 Å². The van der Waals surface area contributed by atoms with Gasteiger partial charge in [0.1, 0.15) is 0 Å². The lowest BCUT2D eigenvalue weighted by molar-refractivity contribution is 0.660. The fourth-order valence-corrected chi connectivity index (χ4v) is 15.3. The molecule has 102 heavy (non-hydrogen) atoms. The van der Waals surface area contributed by atoms with Crippen molar-refractivity contribution >= 4 is 0 Å². The first kappa shape index (κ1) is 61.4. The summed E-state index contributed by atoms with van der Waals surface area (Å²) in [6.45, 7) is 9.35. The van der Waals surface area contributed by atoms with Gasteiger partial charge in [-0.2, -0.15) is 0 Å². The Morgan fingerprint density at radius 3 is 0.676 bits per heavy atom. The van der Waals surface area contributed by atoms with Crippen LogP contribution in [0, 0.1) is 0 Å². The molecule has 482 valence electrons. The Morgan fingerprint density at radius 1 is 0.147 bits per heavy atom. The van der Waals surface area contributed by atoms with Gasteiger partial charge in [-0.05, 0) is 171 Å². The number of fused-ring (bicyclic) bond motifs is 6. The van der Waals surface area contributed by atoms with E-state index in [1.807, 2.05) is 12.1 Å². The number of aromatic nitrogens is 6. The fourth-order valence-electron chi connectivity index (χ4n) is 15.3. The van der Waals surface area contributed by atoms with Crippen molar-refractivity contribution in [3.05, 3.63) is 362 Å². The number of rotatable bonds is 13. The standard InChI is InChI=1S/C96H68N6/c1-95(2)85-39-13-11-37-81(85)83-51-49-75(59-87(83)95)71-29-15-27-69(53-71)73-31-19-35-79(57-73)91-98-89(65-45-41-63(42-46-65)61-21-7-5-8-22-61)97-90(99-91)66-47-43-64(44-48-66)68-26-18-34-78(56-68)93-100-92(77-33-17-25-67(55-77)62-23-9-6-10-24-62)101-94(102-93)80-36-20-32-74(58-80)70-28-16-30-72(54-70)76-50-52-84-82-38-12-14-40-86(82)96(3,4)88(84)60-76/h5-60H,1-4H3. The molecule has 6 nitrogen and oxygen atoms in total. The minimum Gasteiger partial charge on any atom is -0.208 e. The lowest BCUT2D eigenvalue weighted by Crippen LogP contribution is -2.14. The van der Waals surface area contributed by atoms with E-state index in [1.165, 1.54) is 66.8 Å². The molecule has 14 aromatic carbocycles. The molecule has 0 amide bonds. The first-order chi connectivity index (χ1) is 50.0. The minimum atomic E-state index is -0.0949. The topological polar surface area (TPSA) is 77.3 Å². The van der Waals surface area contributed by atoms with Crippen LogP contribution >= 0.6 is 0 Å². The molecule has 18 rings (SSSR count).